The molecule has 0 atom stereocenters. The number of aliphatic imine (C=N–C) groups is 1. The maximum absolute atomic E-state index is 13.8. The van der Waals surface area contributed by atoms with E-state index in [-0.39, 0.29) is 5.91 Å². The Morgan fingerprint density at radius 1 is 0.861 bits per heavy atom. The molecule has 0 spiro atoms. The van der Waals surface area contributed by atoms with Crippen LogP contribution in [0.3, 0.4) is 0 Å². The number of fused-ring (bicyclic) bond motifs is 2. The van der Waals surface area contributed by atoms with Crippen LogP contribution in [0.25, 0.3) is 22.2 Å². The molecule has 0 radical (unpaired) electrons. The van der Waals surface area contributed by atoms with Gasteiger partial charge < -0.3 is 9.64 Å². The molecule has 5 nitrogen and oxygen atoms in total. The smallest absolute Gasteiger partial charge is 0.279 e. The van der Waals surface area contributed by atoms with Gasteiger partial charge in [-0.25, -0.2) is 4.98 Å². The number of rotatable bonds is 4. The number of ether oxygens (including phenoxy) is 1. The first-order chi connectivity index (χ1) is 17.7. The number of amides is 1. The van der Waals surface area contributed by atoms with Gasteiger partial charge in [-0.3, -0.25) is 4.79 Å². The van der Waals surface area contributed by atoms with E-state index in [1.807, 2.05) is 103 Å². The predicted molar refractivity (Wildman–Crippen MR) is 144 cm³/mol. The summed E-state index contributed by atoms with van der Waals surface area (Å²) in [5.74, 6) is 1.13. The van der Waals surface area contributed by atoms with Crippen molar-refractivity contribution in [1.29, 1.82) is 0 Å². The fraction of sp³-hybridized carbons (Fsp3) is 0.0645. The molecule has 1 aromatic heterocycles. The van der Waals surface area contributed by atoms with Gasteiger partial charge in [0.25, 0.3) is 5.91 Å². The van der Waals surface area contributed by atoms with Crippen molar-refractivity contribution >= 4 is 28.3 Å². The molecule has 174 valence electrons. The van der Waals surface area contributed by atoms with Gasteiger partial charge in [-0.05, 0) is 42.0 Å². The molecular weight excluding hydrogens is 446 g/mol. The van der Waals surface area contributed by atoms with Gasteiger partial charge in [0, 0.05) is 22.2 Å². The van der Waals surface area contributed by atoms with Gasteiger partial charge in [-0.15, -0.1) is 0 Å². The molecule has 6 rings (SSSR count). The normalized spacial score (nSPS) is 13.7. The number of pyridine rings is 1. The Labute approximate surface area is 209 Å². The summed E-state index contributed by atoms with van der Waals surface area (Å²) in [4.78, 5) is 25.4. The number of hydrogen-bond donors (Lipinski definition) is 0. The summed E-state index contributed by atoms with van der Waals surface area (Å²) >= 11 is 0. The highest BCUT2D eigenvalue weighted by Crippen LogP contribution is 2.31. The van der Waals surface area contributed by atoms with E-state index in [0.29, 0.717) is 17.9 Å². The molecule has 1 aliphatic heterocycles. The van der Waals surface area contributed by atoms with Gasteiger partial charge in [0.2, 0.25) is 0 Å². The van der Waals surface area contributed by atoms with E-state index in [1.165, 1.54) is 0 Å². The summed E-state index contributed by atoms with van der Waals surface area (Å²) in [6.07, 6.45) is 0. The van der Waals surface area contributed by atoms with E-state index in [9.17, 15) is 4.79 Å². The van der Waals surface area contributed by atoms with E-state index in [2.05, 4.69) is 11.0 Å². The summed E-state index contributed by atoms with van der Waals surface area (Å²) < 4.78 is 5.32. The average Bonchev–Trinajstić information content (AvgIpc) is 3.31. The first kappa shape index (κ1) is 21.7. The zero-order valence-corrected chi connectivity index (χ0v) is 19.8. The molecule has 1 amide bonds. The fourth-order valence-electron chi connectivity index (χ4n) is 4.63. The second-order valence-corrected chi connectivity index (χ2v) is 8.62. The highest BCUT2D eigenvalue weighted by molar-refractivity contribution is 6.20. The molecule has 0 unspecified atom stereocenters. The van der Waals surface area contributed by atoms with Gasteiger partial charge in [0.1, 0.15) is 11.6 Å². The van der Waals surface area contributed by atoms with Crippen LogP contribution in [0.2, 0.25) is 0 Å². The Balaban J connectivity index is 1.48. The summed E-state index contributed by atoms with van der Waals surface area (Å²) in [5, 5.41) is 0.786. The minimum Gasteiger partial charge on any atom is -0.497 e. The summed E-state index contributed by atoms with van der Waals surface area (Å²) in [6.45, 7) is 0.640. The average molecular weight is 470 g/mol. The third kappa shape index (κ3) is 3.91. The molecular formula is C31H23N3O2. The summed E-state index contributed by atoms with van der Waals surface area (Å²) in [7, 11) is 1.65. The standard InChI is InChI=1S/C31H23N3O2/c1-36-24-17-15-23(16-18-24)34-20-22-11-5-6-12-25(22)30(34)33-31(35)27-19-29(21-9-3-2-4-10-21)32-28-14-8-7-13-26(27)28/h2-19H,20H2,1H3. The molecule has 1 aliphatic rings. The van der Waals surface area contributed by atoms with Gasteiger partial charge in [0.05, 0.1) is 30.4 Å². The molecule has 5 aromatic rings. The van der Waals surface area contributed by atoms with Crippen molar-refractivity contribution in [3.05, 3.63) is 126 Å². The summed E-state index contributed by atoms with van der Waals surface area (Å²) in [6, 6.07) is 35.3. The van der Waals surface area contributed by atoms with Crippen LogP contribution < -0.4 is 9.64 Å². The van der Waals surface area contributed by atoms with Crippen molar-refractivity contribution in [2.75, 3.05) is 12.0 Å². The maximum Gasteiger partial charge on any atom is 0.279 e. The van der Waals surface area contributed by atoms with Gasteiger partial charge >= 0.3 is 0 Å². The zero-order valence-electron chi connectivity index (χ0n) is 19.8. The molecule has 0 saturated heterocycles. The Hall–Kier alpha value is -4.77. The minimum absolute atomic E-state index is 0.295. The molecule has 2 heterocycles. The van der Waals surface area contributed by atoms with E-state index in [0.717, 1.165) is 44.7 Å². The van der Waals surface area contributed by atoms with Crippen molar-refractivity contribution < 1.29 is 9.53 Å². The first-order valence-corrected chi connectivity index (χ1v) is 11.8. The number of carbonyl (C=O) groups excluding carboxylic acids is 1. The van der Waals surface area contributed by atoms with Crippen molar-refractivity contribution in [2.45, 2.75) is 6.54 Å². The topological polar surface area (TPSA) is 54.8 Å². The highest BCUT2D eigenvalue weighted by Gasteiger charge is 2.28. The maximum atomic E-state index is 13.8. The number of carbonyl (C=O) groups is 1. The lowest BCUT2D eigenvalue weighted by Gasteiger charge is -2.19. The molecule has 0 N–H and O–H groups in total. The lowest BCUT2D eigenvalue weighted by Crippen LogP contribution is -2.25. The lowest BCUT2D eigenvalue weighted by atomic mass is 10.0. The number of nitrogens with zero attached hydrogens (tertiary/aromatic N) is 3. The van der Waals surface area contributed by atoms with E-state index >= 15 is 0 Å². The number of amidine groups is 1. The van der Waals surface area contributed by atoms with Crippen molar-refractivity contribution in [3.63, 3.8) is 0 Å². The number of benzene rings is 4. The first-order valence-electron chi connectivity index (χ1n) is 11.8. The number of methoxy groups -OCH3 is 1. The van der Waals surface area contributed by atoms with Crippen LogP contribution in [0.15, 0.2) is 114 Å². The highest BCUT2D eigenvalue weighted by atomic mass is 16.5. The van der Waals surface area contributed by atoms with Crippen LogP contribution in [-0.4, -0.2) is 23.8 Å². The molecule has 0 aliphatic carbocycles. The molecule has 4 aromatic carbocycles. The third-order valence-corrected chi connectivity index (χ3v) is 6.45. The van der Waals surface area contributed by atoms with Crippen molar-refractivity contribution in [2.24, 2.45) is 4.99 Å². The Bertz CT molecular complexity index is 1610. The van der Waals surface area contributed by atoms with Crippen molar-refractivity contribution in [3.8, 4) is 17.0 Å². The number of para-hydroxylation sites is 1. The zero-order chi connectivity index (χ0) is 24.5. The van der Waals surface area contributed by atoms with Crippen LogP contribution in [0.4, 0.5) is 5.69 Å². The molecule has 0 saturated carbocycles. The van der Waals surface area contributed by atoms with Crippen LogP contribution in [0.1, 0.15) is 21.5 Å². The molecule has 5 heteroatoms. The third-order valence-electron chi connectivity index (χ3n) is 6.45. The SMILES string of the molecule is COc1ccc(N2Cc3ccccc3C2=NC(=O)c2cc(-c3ccccc3)nc3ccccc23)cc1. The Morgan fingerprint density at radius 2 is 1.58 bits per heavy atom. The Morgan fingerprint density at radius 3 is 2.39 bits per heavy atom. The number of hydrogen-bond acceptors (Lipinski definition) is 3. The van der Waals surface area contributed by atoms with Gasteiger partial charge in [-0.1, -0.05) is 72.8 Å². The van der Waals surface area contributed by atoms with E-state index < -0.39 is 0 Å². The lowest BCUT2D eigenvalue weighted by molar-refractivity contribution is 0.100. The minimum atomic E-state index is -0.295. The predicted octanol–water partition coefficient (Wildman–Crippen LogP) is 6.52. The summed E-state index contributed by atoms with van der Waals surface area (Å²) in [5.41, 5.74) is 6.04. The molecule has 0 fully saturated rings. The van der Waals surface area contributed by atoms with Crippen LogP contribution in [-0.2, 0) is 6.54 Å². The van der Waals surface area contributed by atoms with Gasteiger partial charge in [0.15, 0.2) is 0 Å². The fourth-order valence-corrected chi connectivity index (χ4v) is 4.63. The van der Waals surface area contributed by atoms with Crippen molar-refractivity contribution in [1.82, 2.24) is 4.98 Å². The Kier molecular flexibility index (Phi) is 5.51. The quantitative estimate of drug-likeness (QED) is 0.301. The largest absolute Gasteiger partial charge is 0.497 e. The molecule has 0 bridgehead atoms. The molecule has 36 heavy (non-hydrogen) atoms. The second-order valence-electron chi connectivity index (χ2n) is 8.62. The number of anilines is 1. The van der Waals surface area contributed by atoms with Gasteiger partial charge in [-0.2, -0.15) is 4.99 Å². The van der Waals surface area contributed by atoms with Crippen LogP contribution >= 0.6 is 0 Å². The van der Waals surface area contributed by atoms with Crippen LogP contribution in [0.5, 0.6) is 5.75 Å². The number of aromatic nitrogens is 1. The van der Waals surface area contributed by atoms with E-state index in [1.54, 1.807) is 7.11 Å². The monoisotopic (exact) mass is 469 g/mol. The van der Waals surface area contributed by atoms with Crippen LogP contribution in [0, 0.1) is 0 Å². The second kappa shape index (κ2) is 9.12. The van der Waals surface area contributed by atoms with E-state index in [4.69, 9.17) is 14.7 Å².